The van der Waals surface area contributed by atoms with Crippen LogP contribution in [-0.2, 0) is 0 Å². The molecule has 14 heavy (non-hydrogen) atoms. The molecule has 1 rings (SSSR count). The van der Waals surface area contributed by atoms with Gasteiger partial charge in [0.1, 0.15) is 0 Å². The van der Waals surface area contributed by atoms with Crippen molar-refractivity contribution in [2.45, 2.75) is 13.3 Å². The highest BCUT2D eigenvalue weighted by molar-refractivity contribution is 5.94. The molecule has 3 N–H and O–H groups in total. The van der Waals surface area contributed by atoms with E-state index >= 15 is 0 Å². The molecule has 0 fully saturated rings. The SMILES string of the molecule is Cc1[nH]ncc1C(=O)N(C)CCCN. The van der Waals surface area contributed by atoms with E-state index in [4.69, 9.17) is 5.73 Å². The number of hydrogen-bond acceptors (Lipinski definition) is 3. The number of H-pyrrole nitrogens is 1. The van der Waals surface area contributed by atoms with Crippen molar-refractivity contribution >= 4 is 5.91 Å². The Kier molecular flexibility index (Phi) is 3.64. The standard InChI is InChI=1S/C9H16N4O/c1-7-8(6-11-12-7)9(14)13(2)5-3-4-10/h6H,3-5,10H2,1-2H3,(H,11,12). The Hall–Kier alpha value is -1.36. The van der Waals surface area contributed by atoms with Crippen LogP contribution in [-0.4, -0.2) is 41.1 Å². The van der Waals surface area contributed by atoms with Crippen LogP contribution in [0.1, 0.15) is 22.5 Å². The average Bonchev–Trinajstić information content (AvgIpc) is 2.59. The molecule has 0 aliphatic heterocycles. The predicted octanol–water partition coefficient (Wildman–Crippen LogP) is 0.139. The molecule has 0 atom stereocenters. The highest BCUT2D eigenvalue weighted by Crippen LogP contribution is 2.06. The van der Waals surface area contributed by atoms with Gasteiger partial charge in [0.05, 0.1) is 11.8 Å². The Balaban J connectivity index is 2.61. The molecule has 0 bridgehead atoms. The van der Waals surface area contributed by atoms with Crippen molar-refractivity contribution in [3.63, 3.8) is 0 Å². The number of nitrogens with one attached hydrogen (secondary N) is 1. The quantitative estimate of drug-likeness (QED) is 0.719. The highest BCUT2D eigenvalue weighted by Gasteiger charge is 2.14. The molecule has 5 nitrogen and oxygen atoms in total. The van der Waals surface area contributed by atoms with Gasteiger partial charge in [-0.1, -0.05) is 0 Å². The van der Waals surface area contributed by atoms with E-state index in [0.29, 0.717) is 18.7 Å². The monoisotopic (exact) mass is 196 g/mol. The average molecular weight is 196 g/mol. The second-order valence-corrected chi connectivity index (χ2v) is 3.28. The Labute approximate surface area is 83.3 Å². The van der Waals surface area contributed by atoms with E-state index in [9.17, 15) is 4.79 Å². The number of rotatable bonds is 4. The van der Waals surface area contributed by atoms with Crippen molar-refractivity contribution in [1.29, 1.82) is 0 Å². The van der Waals surface area contributed by atoms with E-state index in [-0.39, 0.29) is 5.91 Å². The van der Waals surface area contributed by atoms with E-state index in [0.717, 1.165) is 12.1 Å². The molecule has 5 heteroatoms. The summed E-state index contributed by atoms with van der Waals surface area (Å²) >= 11 is 0. The molecular formula is C9H16N4O. The van der Waals surface area contributed by atoms with Gasteiger partial charge in [-0.15, -0.1) is 0 Å². The summed E-state index contributed by atoms with van der Waals surface area (Å²) < 4.78 is 0. The van der Waals surface area contributed by atoms with Crippen LogP contribution in [0.15, 0.2) is 6.20 Å². The molecule has 0 radical (unpaired) electrons. The minimum Gasteiger partial charge on any atom is -0.342 e. The van der Waals surface area contributed by atoms with Gasteiger partial charge in [0, 0.05) is 19.3 Å². The number of carbonyl (C=O) groups is 1. The first-order chi connectivity index (χ1) is 6.66. The predicted molar refractivity (Wildman–Crippen MR) is 54.0 cm³/mol. The number of aryl methyl sites for hydroxylation is 1. The van der Waals surface area contributed by atoms with Gasteiger partial charge in [-0.05, 0) is 19.9 Å². The summed E-state index contributed by atoms with van der Waals surface area (Å²) in [5.74, 6) is -0.00954. The first kappa shape index (κ1) is 10.7. The summed E-state index contributed by atoms with van der Waals surface area (Å²) in [4.78, 5) is 13.4. The maximum Gasteiger partial charge on any atom is 0.257 e. The number of hydrogen-bond donors (Lipinski definition) is 2. The summed E-state index contributed by atoms with van der Waals surface area (Å²) in [6.45, 7) is 3.11. The molecule has 0 saturated heterocycles. The maximum absolute atomic E-state index is 11.8. The summed E-state index contributed by atoms with van der Waals surface area (Å²) in [5.41, 5.74) is 6.80. The number of aromatic nitrogens is 2. The second kappa shape index (κ2) is 4.76. The molecule has 78 valence electrons. The van der Waals surface area contributed by atoms with Gasteiger partial charge in [0.15, 0.2) is 0 Å². The minimum absolute atomic E-state index is 0.00954. The Morgan fingerprint density at radius 2 is 2.43 bits per heavy atom. The molecule has 1 aromatic heterocycles. The van der Waals surface area contributed by atoms with E-state index in [2.05, 4.69) is 10.2 Å². The van der Waals surface area contributed by atoms with Gasteiger partial charge in [0.2, 0.25) is 0 Å². The molecule has 0 saturated carbocycles. The summed E-state index contributed by atoms with van der Waals surface area (Å²) in [6.07, 6.45) is 2.37. The molecule has 0 spiro atoms. The van der Waals surface area contributed by atoms with Crippen LogP contribution < -0.4 is 5.73 Å². The number of amides is 1. The van der Waals surface area contributed by atoms with Gasteiger partial charge in [-0.3, -0.25) is 9.89 Å². The van der Waals surface area contributed by atoms with Gasteiger partial charge < -0.3 is 10.6 Å². The number of carbonyl (C=O) groups excluding carboxylic acids is 1. The molecule has 0 aromatic carbocycles. The lowest BCUT2D eigenvalue weighted by molar-refractivity contribution is 0.0794. The van der Waals surface area contributed by atoms with Crippen molar-refractivity contribution in [2.24, 2.45) is 5.73 Å². The van der Waals surface area contributed by atoms with Crippen LogP contribution in [0.4, 0.5) is 0 Å². The third-order valence-electron chi connectivity index (χ3n) is 2.10. The summed E-state index contributed by atoms with van der Waals surface area (Å²) in [6, 6.07) is 0. The van der Waals surface area contributed by atoms with Crippen LogP contribution >= 0.6 is 0 Å². The molecule has 0 unspecified atom stereocenters. The van der Waals surface area contributed by atoms with Crippen molar-refractivity contribution < 1.29 is 4.79 Å². The minimum atomic E-state index is -0.00954. The van der Waals surface area contributed by atoms with Gasteiger partial charge in [-0.2, -0.15) is 5.10 Å². The van der Waals surface area contributed by atoms with Crippen molar-refractivity contribution in [3.05, 3.63) is 17.5 Å². The summed E-state index contributed by atoms with van der Waals surface area (Å²) in [7, 11) is 1.77. The van der Waals surface area contributed by atoms with Crippen molar-refractivity contribution in [3.8, 4) is 0 Å². The molecule has 0 aliphatic rings. The van der Waals surface area contributed by atoms with Crippen LogP contribution in [0.25, 0.3) is 0 Å². The van der Waals surface area contributed by atoms with Crippen LogP contribution in [0, 0.1) is 6.92 Å². The molecule has 1 aromatic rings. The fourth-order valence-corrected chi connectivity index (χ4v) is 1.20. The summed E-state index contributed by atoms with van der Waals surface area (Å²) in [5, 5.41) is 6.55. The lowest BCUT2D eigenvalue weighted by atomic mass is 10.2. The topological polar surface area (TPSA) is 75.0 Å². The fourth-order valence-electron chi connectivity index (χ4n) is 1.20. The normalized spacial score (nSPS) is 10.2. The number of nitrogens with two attached hydrogens (primary N) is 1. The molecule has 1 heterocycles. The maximum atomic E-state index is 11.8. The molecular weight excluding hydrogens is 180 g/mol. The van der Waals surface area contributed by atoms with Gasteiger partial charge >= 0.3 is 0 Å². The zero-order chi connectivity index (χ0) is 10.6. The largest absolute Gasteiger partial charge is 0.342 e. The Morgan fingerprint density at radius 1 is 1.71 bits per heavy atom. The smallest absolute Gasteiger partial charge is 0.257 e. The van der Waals surface area contributed by atoms with Gasteiger partial charge in [-0.25, -0.2) is 0 Å². The Bertz CT molecular complexity index is 308. The Morgan fingerprint density at radius 3 is 2.93 bits per heavy atom. The molecule has 1 amide bonds. The fraction of sp³-hybridized carbons (Fsp3) is 0.556. The zero-order valence-corrected chi connectivity index (χ0v) is 8.58. The third-order valence-corrected chi connectivity index (χ3v) is 2.10. The highest BCUT2D eigenvalue weighted by atomic mass is 16.2. The zero-order valence-electron chi connectivity index (χ0n) is 8.58. The number of nitrogens with zero attached hydrogens (tertiary/aromatic N) is 2. The third kappa shape index (κ3) is 2.32. The van der Waals surface area contributed by atoms with E-state index in [1.807, 2.05) is 6.92 Å². The molecule has 0 aliphatic carbocycles. The van der Waals surface area contributed by atoms with Crippen LogP contribution in [0.3, 0.4) is 0 Å². The first-order valence-corrected chi connectivity index (χ1v) is 4.62. The second-order valence-electron chi connectivity index (χ2n) is 3.28. The van der Waals surface area contributed by atoms with Crippen molar-refractivity contribution in [2.75, 3.05) is 20.1 Å². The lowest BCUT2D eigenvalue weighted by Gasteiger charge is -2.15. The van der Waals surface area contributed by atoms with Crippen LogP contribution in [0.5, 0.6) is 0 Å². The van der Waals surface area contributed by atoms with Crippen LogP contribution in [0.2, 0.25) is 0 Å². The van der Waals surface area contributed by atoms with E-state index in [1.165, 1.54) is 0 Å². The van der Waals surface area contributed by atoms with Gasteiger partial charge in [0.25, 0.3) is 5.91 Å². The van der Waals surface area contributed by atoms with E-state index in [1.54, 1.807) is 18.1 Å². The number of aromatic amines is 1. The van der Waals surface area contributed by atoms with Crippen molar-refractivity contribution in [1.82, 2.24) is 15.1 Å². The first-order valence-electron chi connectivity index (χ1n) is 4.62. The van der Waals surface area contributed by atoms with E-state index < -0.39 is 0 Å². The lowest BCUT2D eigenvalue weighted by Crippen LogP contribution is -2.29.